The number of carbonyl (C=O) groups is 1. The predicted molar refractivity (Wildman–Crippen MR) is 83.0 cm³/mol. The molecule has 0 fully saturated rings. The fourth-order valence-corrected chi connectivity index (χ4v) is 2.49. The SMILES string of the molecule is CCOC(=O)c1oc(-c2cc(Br)ccc2I)nc1C. The number of nitrogens with zero attached hydrogens (tertiary/aromatic N) is 1. The van der Waals surface area contributed by atoms with Crippen LogP contribution in [0.3, 0.4) is 0 Å². The number of hydrogen-bond acceptors (Lipinski definition) is 4. The maximum Gasteiger partial charge on any atom is 0.376 e. The van der Waals surface area contributed by atoms with E-state index in [4.69, 9.17) is 9.15 Å². The van der Waals surface area contributed by atoms with Crippen LogP contribution in [0.4, 0.5) is 0 Å². The van der Waals surface area contributed by atoms with Gasteiger partial charge in [-0.3, -0.25) is 0 Å². The summed E-state index contributed by atoms with van der Waals surface area (Å²) < 4.78 is 12.4. The van der Waals surface area contributed by atoms with Gasteiger partial charge in [0.2, 0.25) is 11.7 Å². The number of halogens is 2. The van der Waals surface area contributed by atoms with Gasteiger partial charge in [-0.05, 0) is 54.6 Å². The van der Waals surface area contributed by atoms with Gasteiger partial charge in [-0.2, -0.15) is 0 Å². The lowest BCUT2D eigenvalue weighted by molar-refractivity contribution is 0.0490. The average Bonchev–Trinajstić information content (AvgIpc) is 2.74. The van der Waals surface area contributed by atoms with Gasteiger partial charge in [0.05, 0.1) is 17.9 Å². The van der Waals surface area contributed by atoms with Crippen molar-refractivity contribution >= 4 is 44.5 Å². The van der Waals surface area contributed by atoms with Crippen LogP contribution < -0.4 is 0 Å². The van der Waals surface area contributed by atoms with Crippen molar-refractivity contribution in [1.29, 1.82) is 0 Å². The summed E-state index contributed by atoms with van der Waals surface area (Å²) in [6, 6.07) is 5.79. The Balaban J connectivity index is 2.44. The van der Waals surface area contributed by atoms with Gasteiger partial charge in [-0.25, -0.2) is 9.78 Å². The van der Waals surface area contributed by atoms with Crippen LogP contribution in [0.2, 0.25) is 0 Å². The molecular formula is C13H11BrINO3. The maximum atomic E-state index is 11.7. The van der Waals surface area contributed by atoms with E-state index < -0.39 is 5.97 Å². The first-order chi connectivity index (χ1) is 9.02. The minimum absolute atomic E-state index is 0.160. The molecule has 0 spiro atoms. The fourth-order valence-electron chi connectivity index (χ4n) is 1.56. The minimum atomic E-state index is -0.483. The van der Waals surface area contributed by atoms with E-state index >= 15 is 0 Å². The quantitative estimate of drug-likeness (QED) is 0.535. The average molecular weight is 436 g/mol. The molecule has 0 aliphatic carbocycles. The van der Waals surface area contributed by atoms with Crippen molar-refractivity contribution in [1.82, 2.24) is 4.98 Å². The molecule has 0 saturated heterocycles. The Bertz CT molecular complexity index is 624. The largest absolute Gasteiger partial charge is 0.460 e. The van der Waals surface area contributed by atoms with Crippen LogP contribution in [-0.2, 0) is 4.74 Å². The molecule has 4 nitrogen and oxygen atoms in total. The molecule has 1 aromatic carbocycles. The fraction of sp³-hybridized carbons (Fsp3) is 0.231. The third-order valence-electron chi connectivity index (χ3n) is 2.42. The van der Waals surface area contributed by atoms with Gasteiger partial charge >= 0.3 is 5.97 Å². The van der Waals surface area contributed by atoms with Crippen molar-refractivity contribution in [2.75, 3.05) is 6.61 Å². The first-order valence-electron chi connectivity index (χ1n) is 5.63. The highest BCUT2D eigenvalue weighted by Crippen LogP contribution is 2.29. The van der Waals surface area contributed by atoms with E-state index in [2.05, 4.69) is 43.5 Å². The number of esters is 1. The molecule has 100 valence electrons. The number of hydrogen-bond donors (Lipinski definition) is 0. The molecule has 1 aromatic heterocycles. The second-order valence-electron chi connectivity index (χ2n) is 3.78. The molecule has 6 heteroatoms. The summed E-state index contributed by atoms with van der Waals surface area (Å²) >= 11 is 5.61. The van der Waals surface area contributed by atoms with Crippen LogP contribution in [0.15, 0.2) is 27.1 Å². The monoisotopic (exact) mass is 435 g/mol. The lowest BCUT2D eigenvalue weighted by Crippen LogP contribution is -2.04. The van der Waals surface area contributed by atoms with Crippen molar-refractivity contribution < 1.29 is 13.9 Å². The zero-order valence-corrected chi connectivity index (χ0v) is 14.1. The summed E-state index contributed by atoms with van der Waals surface area (Å²) in [6.45, 7) is 3.79. The summed E-state index contributed by atoms with van der Waals surface area (Å²) in [5.41, 5.74) is 1.37. The summed E-state index contributed by atoms with van der Waals surface area (Å²) in [5, 5.41) is 0. The molecule has 0 N–H and O–H groups in total. The van der Waals surface area contributed by atoms with Crippen molar-refractivity contribution in [3.05, 3.63) is 37.7 Å². The summed E-state index contributed by atoms with van der Waals surface area (Å²) in [6.07, 6.45) is 0. The maximum absolute atomic E-state index is 11.7. The van der Waals surface area contributed by atoms with E-state index in [9.17, 15) is 4.79 Å². The Morgan fingerprint density at radius 3 is 2.95 bits per heavy atom. The number of benzene rings is 1. The Morgan fingerprint density at radius 1 is 1.53 bits per heavy atom. The Morgan fingerprint density at radius 2 is 2.26 bits per heavy atom. The van der Waals surface area contributed by atoms with Crippen molar-refractivity contribution in [2.24, 2.45) is 0 Å². The van der Waals surface area contributed by atoms with Gasteiger partial charge in [0.1, 0.15) is 0 Å². The molecule has 19 heavy (non-hydrogen) atoms. The van der Waals surface area contributed by atoms with E-state index in [1.165, 1.54) is 0 Å². The highest BCUT2D eigenvalue weighted by Gasteiger charge is 2.20. The van der Waals surface area contributed by atoms with E-state index in [0.717, 1.165) is 13.6 Å². The lowest BCUT2D eigenvalue weighted by atomic mass is 10.2. The highest BCUT2D eigenvalue weighted by molar-refractivity contribution is 14.1. The van der Waals surface area contributed by atoms with Crippen LogP contribution in [0.1, 0.15) is 23.2 Å². The minimum Gasteiger partial charge on any atom is -0.460 e. The second-order valence-corrected chi connectivity index (χ2v) is 5.86. The summed E-state index contributed by atoms with van der Waals surface area (Å²) in [7, 11) is 0. The number of carbonyl (C=O) groups excluding carboxylic acids is 1. The van der Waals surface area contributed by atoms with Gasteiger partial charge < -0.3 is 9.15 Å². The number of rotatable bonds is 3. The smallest absolute Gasteiger partial charge is 0.376 e. The van der Waals surface area contributed by atoms with E-state index in [0.29, 0.717) is 18.2 Å². The highest BCUT2D eigenvalue weighted by atomic mass is 127. The Hall–Kier alpha value is -0.890. The van der Waals surface area contributed by atoms with Crippen LogP contribution >= 0.6 is 38.5 Å². The summed E-state index contributed by atoms with van der Waals surface area (Å²) in [5.74, 6) is 0.0997. The molecule has 2 rings (SSSR count). The van der Waals surface area contributed by atoms with E-state index in [1.54, 1.807) is 13.8 Å². The topological polar surface area (TPSA) is 52.3 Å². The Labute approximate surface area is 132 Å². The van der Waals surface area contributed by atoms with Crippen molar-refractivity contribution in [3.63, 3.8) is 0 Å². The number of oxazole rings is 1. The molecule has 0 atom stereocenters. The first-order valence-corrected chi connectivity index (χ1v) is 7.50. The number of aryl methyl sites for hydroxylation is 1. The van der Waals surface area contributed by atoms with Crippen molar-refractivity contribution in [3.8, 4) is 11.5 Å². The van der Waals surface area contributed by atoms with Gasteiger partial charge in [0.25, 0.3) is 0 Å². The Kier molecular flexibility index (Phi) is 4.62. The second kappa shape index (κ2) is 6.04. The standard InChI is InChI=1S/C13H11BrINO3/c1-3-18-13(17)11-7(2)16-12(19-11)9-6-8(14)4-5-10(9)15/h4-6H,3H2,1-2H3. The van der Waals surface area contributed by atoms with Gasteiger partial charge in [-0.1, -0.05) is 15.9 Å². The molecule has 0 unspecified atom stereocenters. The third kappa shape index (κ3) is 3.17. The molecule has 2 aromatic rings. The molecule has 0 bridgehead atoms. The van der Waals surface area contributed by atoms with Gasteiger partial charge in [0.15, 0.2) is 0 Å². The molecule has 1 heterocycles. The zero-order valence-electron chi connectivity index (χ0n) is 10.4. The summed E-state index contributed by atoms with van der Waals surface area (Å²) in [4.78, 5) is 16.0. The molecule has 0 saturated carbocycles. The van der Waals surface area contributed by atoms with Crippen LogP contribution in [-0.4, -0.2) is 17.6 Å². The van der Waals surface area contributed by atoms with Crippen LogP contribution in [0.25, 0.3) is 11.5 Å². The van der Waals surface area contributed by atoms with Crippen LogP contribution in [0.5, 0.6) is 0 Å². The normalized spacial score (nSPS) is 10.5. The molecule has 0 radical (unpaired) electrons. The molecule has 0 aliphatic heterocycles. The number of ether oxygens (including phenoxy) is 1. The zero-order chi connectivity index (χ0) is 14.0. The van der Waals surface area contributed by atoms with Crippen molar-refractivity contribution in [2.45, 2.75) is 13.8 Å². The first kappa shape index (κ1) is 14.5. The third-order valence-corrected chi connectivity index (χ3v) is 3.85. The molecular weight excluding hydrogens is 425 g/mol. The van der Waals surface area contributed by atoms with E-state index in [1.807, 2.05) is 18.2 Å². The lowest BCUT2D eigenvalue weighted by Gasteiger charge is -2.00. The number of aromatic nitrogens is 1. The van der Waals surface area contributed by atoms with E-state index in [-0.39, 0.29) is 5.76 Å². The van der Waals surface area contributed by atoms with Gasteiger partial charge in [0, 0.05) is 8.04 Å². The molecule has 0 amide bonds. The molecule has 0 aliphatic rings. The van der Waals surface area contributed by atoms with Crippen LogP contribution in [0, 0.1) is 10.5 Å². The predicted octanol–water partition coefficient (Wildman–Crippen LogP) is 4.19. The van der Waals surface area contributed by atoms with Gasteiger partial charge in [-0.15, -0.1) is 0 Å².